The van der Waals surface area contributed by atoms with Crippen molar-refractivity contribution in [3.05, 3.63) is 47.8 Å². The Morgan fingerprint density at radius 1 is 1.41 bits per heavy atom. The van der Waals surface area contributed by atoms with Crippen molar-refractivity contribution in [3.8, 4) is 0 Å². The van der Waals surface area contributed by atoms with Gasteiger partial charge in [0.15, 0.2) is 5.16 Å². The number of imidazole rings is 1. The Balaban J connectivity index is 2.10. The molecule has 0 amide bonds. The van der Waals surface area contributed by atoms with E-state index >= 15 is 0 Å². The van der Waals surface area contributed by atoms with Crippen molar-refractivity contribution in [1.29, 1.82) is 0 Å². The first-order valence-electron chi connectivity index (χ1n) is 5.60. The van der Waals surface area contributed by atoms with E-state index in [1.807, 2.05) is 6.20 Å². The van der Waals surface area contributed by atoms with E-state index in [-0.39, 0.29) is 6.61 Å². The van der Waals surface area contributed by atoms with Crippen molar-refractivity contribution < 1.29 is 5.11 Å². The van der Waals surface area contributed by atoms with Gasteiger partial charge in [-0.15, -0.1) is 0 Å². The Morgan fingerprint density at radius 2 is 2.29 bits per heavy atom. The molecule has 1 aromatic carbocycles. The van der Waals surface area contributed by atoms with Gasteiger partial charge in [0, 0.05) is 24.7 Å². The minimum atomic E-state index is 0.183. The second kappa shape index (κ2) is 5.89. The zero-order chi connectivity index (χ0) is 12.1. The number of nitrogens with zero attached hydrogens (tertiary/aromatic N) is 2. The van der Waals surface area contributed by atoms with Crippen LogP contribution in [-0.4, -0.2) is 27.0 Å². The number of aryl methyl sites for hydroxylation is 1. The number of hydrogen-bond acceptors (Lipinski definition) is 3. The number of rotatable bonds is 5. The molecule has 0 aliphatic rings. The lowest BCUT2D eigenvalue weighted by Crippen LogP contribution is -2.01. The van der Waals surface area contributed by atoms with Gasteiger partial charge >= 0.3 is 0 Å². The van der Waals surface area contributed by atoms with Gasteiger partial charge in [0.05, 0.1) is 6.61 Å². The third-order valence-corrected chi connectivity index (χ3v) is 3.42. The van der Waals surface area contributed by atoms with Gasteiger partial charge in [-0.05, 0) is 12.5 Å². The van der Waals surface area contributed by atoms with Crippen molar-refractivity contribution in [2.75, 3.05) is 12.4 Å². The molecule has 2 aromatic rings. The quantitative estimate of drug-likeness (QED) is 0.825. The first kappa shape index (κ1) is 12.2. The smallest absolute Gasteiger partial charge is 0.168 e. The number of aliphatic hydroxyl groups excluding tert-OH is 1. The summed E-state index contributed by atoms with van der Waals surface area (Å²) in [6.45, 7) is 3.11. The third-order valence-electron chi connectivity index (χ3n) is 2.44. The molecule has 2 rings (SSSR count). The molecule has 0 saturated carbocycles. The minimum absolute atomic E-state index is 0.183. The van der Waals surface area contributed by atoms with Crippen LogP contribution in [0.1, 0.15) is 11.1 Å². The largest absolute Gasteiger partial charge is 0.396 e. The molecule has 0 fully saturated rings. The van der Waals surface area contributed by atoms with Crippen LogP contribution < -0.4 is 0 Å². The number of hydrogen-bond donors (Lipinski definition) is 1. The number of benzene rings is 1. The Kier molecular flexibility index (Phi) is 4.23. The minimum Gasteiger partial charge on any atom is -0.396 e. The second-order valence-corrected chi connectivity index (χ2v) is 4.96. The molecule has 3 nitrogen and oxygen atoms in total. The van der Waals surface area contributed by atoms with E-state index in [0.717, 1.165) is 11.7 Å². The Morgan fingerprint density at radius 3 is 3.06 bits per heavy atom. The van der Waals surface area contributed by atoms with Crippen LogP contribution in [0.15, 0.2) is 41.8 Å². The molecule has 1 aromatic heterocycles. The molecule has 4 heteroatoms. The molecule has 0 spiro atoms. The maximum absolute atomic E-state index is 8.82. The maximum atomic E-state index is 8.82. The summed E-state index contributed by atoms with van der Waals surface area (Å²) >= 11 is 1.58. The van der Waals surface area contributed by atoms with Gasteiger partial charge < -0.3 is 9.67 Å². The molecule has 0 aliphatic heterocycles. The molecule has 1 N–H and O–H groups in total. The molecule has 0 saturated heterocycles. The molecule has 0 atom stereocenters. The van der Waals surface area contributed by atoms with Crippen LogP contribution in [-0.2, 0) is 6.54 Å². The van der Waals surface area contributed by atoms with Crippen LogP contribution in [0.5, 0.6) is 0 Å². The molecule has 0 aliphatic carbocycles. The fourth-order valence-corrected chi connectivity index (χ4v) is 2.40. The average Bonchev–Trinajstić information content (AvgIpc) is 2.74. The van der Waals surface area contributed by atoms with Crippen molar-refractivity contribution in [1.82, 2.24) is 9.55 Å². The van der Waals surface area contributed by atoms with E-state index in [2.05, 4.69) is 40.7 Å². The van der Waals surface area contributed by atoms with Gasteiger partial charge in [0.2, 0.25) is 0 Å². The highest BCUT2D eigenvalue weighted by Crippen LogP contribution is 2.17. The van der Waals surface area contributed by atoms with Crippen LogP contribution in [0.2, 0.25) is 0 Å². The summed E-state index contributed by atoms with van der Waals surface area (Å²) in [7, 11) is 0. The molecule has 0 unspecified atom stereocenters. The van der Waals surface area contributed by atoms with E-state index in [4.69, 9.17) is 5.11 Å². The number of thioether (sulfide) groups is 1. The lowest BCUT2D eigenvalue weighted by atomic mass is 10.1. The third kappa shape index (κ3) is 3.35. The monoisotopic (exact) mass is 248 g/mol. The van der Waals surface area contributed by atoms with Crippen LogP contribution in [0.4, 0.5) is 0 Å². The van der Waals surface area contributed by atoms with Crippen molar-refractivity contribution in [2.24, 2.45) is 0 Å². The average molecular weight is 248 g/mol. The standard InChI is InChI=1S/C13H16N2OS/c1-11-3-2-4-12(9-11)10-15-6-5-14-13(15)17-8-7-16/h2-6,9,16H,7-8,10H2,1H3. The fourth-order valence-electron chi connectivity index (χ4n) is 1.70. The van der Waals surface area contributed by atoms with Crippen molar-refractivity contribution in [3.63, 3.8) is 0 Å². The topological polar surface area (TPSA) is 38.0 Å². The summed E-state index contributed by atoms with van der Waals surface area (Å²) in [5, 5.41) is 9.78. The van der Waals surface area contributed by atoms with Crippen LogP contribution >= 0.6 is 11.8 Å². The lowest BCUT2D eigenvalue weighted by Gasteiger charge is -2.07. The summed E-state index contributed by atoms with van der Waals surface area (Å²) in [6.07, 6.45) is 3.78. The summed E-state index contributed by atoms with van der Waals surface area (Å²) < 4.78 is 2.11. The Labute approximate surface area is 106 Å². The first-order chi connectivity index (χ1) is 8.29. The molecular formula is C13H16N2OS. The molecule has 0 radical (unpaired) electrons. The fraction of sp³-hybridized carbons (Fsp3) is 0.308. The SMILES string of the molecule is Cc1cccc(Cn2ccnc2SCCO)c1. The highest BCUT2D eigenvalue weighted by atomic mass is 32.2. The second-order valence-electron chi connectivity index (χ2n) is 3.90. The first-order valence-corrected chi connectivity index (χ1v) is 6.58. The summed E-state index contributed by atoms with van der Waals surface area (Å²) in [5.74, 6) is 0.685. The van der Waals surface area contributed by atoms with E-state index in [9.17, 15) is 0 Å². The predicted octanol–water partition coefficient (Wildman–Crippen LogP) is 2.32. The highest BCUT2D eigenvalue weighted by Gasteiger charge is 2.03. The van der Waals surface area contributed by atoms with Crippen molar-refractivity contribution >= 4 is 11.8 Å². The van der Waals surface area contributed by atoms with Gasteiger partial charge in [-0.1, -0.05) is 41.6 Å². The Bertz CT molecular complexity index is 482. The van der Waals surface area contributed by atoms with Crippen LogP contribution in [0.3, 0.4) is 0 Å². The zero-order valence-electron chi connectivity index (χ0n) is 9.84. The van der Waals surface area contributed by atoms with Gasteiger partial charge in [-0.25, -0.2) is 4.98 Å². The number of aliphatic hydroxyl groups is 1. The predicted molar refractivity (Wildman–Crippen MR) is 70.3 cm³/mol. The van der Waals surface area contributed by atoms with Gasteiger partial charge in [0.25, 0.3) is 0 Å². The summed E-state index contributed by atoms with van der Waals surface area (Å²) in [6, 6.07) is 8.47. The van der Waals surface area contributed by atoms with Gasteiger partial charge in [-0.2, -0.15) is 0 Å². The van der Waals surface area contributed by atoms with E-state index in [1.165, 1.54) is 11.1 Å². The molecule has 1 heterocycles. The molecular weight excluding hydrogens is 232 g/mol. The van der Waals surface area contributed by atoms with Gasteiger partial charge in [0.1, 0.15) is 0 Å². The van der Waals surface area contributed by atoms with Crippen molar-refractivity contribution in [2.45, 2.75) is 18.6 Å². The number of aromatic nitrogens is 2. The van der Waals surface area contributed by atoms with E-state index in [1.54, 1.807) is 18.0 Å². The normalized spacial score (nSPS) is 10.7. The summed E-state index contributed by atoms with van der Waals surface area (Å²) in [4.78, 5) is 4.29. The van der Waals surface area contributed by atoms with E-state index in [0.29, 0.717) is 5.75 Å². The molecule has 0 bridgehead atoms. The molecule has 17 heavy (non-hydrogen) atoms. The Hall–Kier alpha value is -1.26. The van der Waals surface area contributed by atoms with E-state index < -0.39 is 0 Å². The van der Waals surface area contributed by atoms with Crippen LogP contribution in [0, 0.1) is 6.92 Å². The maximum Gasteiger partial charge on any atom is 0.168 e. The van der Waals surface area contributed by atoms with Crippen LogP contribution in [0.25, 0.3) is 0 Å². The highest BCUT2D eigenvalue weighted by molar-refractivity contribution is 7.99. The lowest BCUT2D eigenvalue weighted by molar-refractivity contribution is 0.322. The zero-order valence-corrected chi connectivity index (χ0v) is 10.7. The van der Waals surface area contributed by atoms with Gasteiger partial charge in [-0.3, -0.25) is 0 Å². The summed E-state index contributed by atoms with van der Waals surface area (Å²) in [5.41, 5.74) is 2.54. The molecule has 90 valence electrons.